The molecule has 1 aromatic heterocycles. The lowest BCUT2D eigenvalue weighted by molar-refractivity contribution is 0.140. The van der Waals surface area contributed by atoms with Crippen LogP contribution in [0.3, 0.4) is 0 Å². The summed E-state index contributed by atoms with van der Waals surface area (Å²) in [5, 5.41) is 3.57. The Labute approximate surface area is 199 Å². The first-order valence-electron chi connectivity index (χ1n) is 12.8. The van der Waals surface area contributed by atoms with Gasteiger partial charge in [-0.05, 0) is 38.2 Å². The lowest BCUT2D eigenvalue weighted by Gasteiger charge is -2.37. The number of rotatable bonds is 9. The van der Waals surface area contributed by atoms with Crippen LogP contribution in [0.4, 0.5) is 11.8 Å². The quantitative estimate of drug-likeness (QED) is 0.492. The van der Waals surface area contributed by atoms with Gasteiger partial charge in [-0.3, -0.25) is 4.90 Å². The number of hydrogen-bond donors (Lipinski definition) is 3. The number of nitrogens with zero attached hydrogens (tertiary/aromatic N) is 4. The molecule has 9 nitrogen and oxygen atoms in total. The summed E-state index contributed by atoms with van der Waals surface area (Å²) in [6, 6.07) is 2.70. The zero-order valence-corrected chi connectivity index (χ0v) is 20.6. The Morgan fingerprint density at radius 1 is 1.00 bits per heavy atom. The van der Waals surface area contributed by atoms with Crippen LogP contribution >= 0.6 is 0 Å². The van der Waals surface area contributed by atoms with Crippen molar-refractivity contribution in [2.24, 2.45) is 5.73 Å². The summed E-state index contributed by atoms with van der Waals surface area (Å²) in [6.07, 6.45) is 14.0. The van der Waals surface area contributed by atoms with Crippen LogP contribution in [0.15, 0.2) is 12.3 Å². The van der Waals surface area contributed by atoms with Crippen LogP contribution in [0.1, 0.15) is 64.2 Å². The highest BCUT2D eigenvalue weighted by molar-refractivity contribution is 7.89. The van der Waals surface area contributed by atoms with E-state index >= 15 is 0 Å². The summed E-state index contributed by atoms with van der Waals surface area (Å²) in [7, 11) is -3.36. The van der Waals surface area contributed by atoms with E-state index < -0.39 is 10.0 Å². The number of sulfonamides is 1. The predicted octanol–water partition coefficient (Wildman–Crippen LogP) is 1.92. The maximum Gasteiger partial charge on any atom is 0.224 e. The van der Waals surface area contributed by atoms with Crippen LogP contribution in [-0.2, 0) is 10.0 Å². The molecule has 0 unspecified atom stereocenters. The summed E-state index contributed by atoms with van der Waals surface area (Å²) in [4.78, 5) is 14.2. The normalized spacial score (nSPS) is 25.8. The van der Waals surface area contributed by atoms with Crippen LogP contribution in [0.25, 0.3) is 0 Å². The van der Waals surface area contributed by atoms with Crippen LogP contribution < -0.4 is 20.7 Å². The number of hydrogen-bond acceptors (Lipinski definition) is 8. The molecule has 1 aliphatic carbocycles. The van der Waals surface area contributed by atoms with Crippen LogP contribution in [0.2, 0.25) is 0 Å². The van der Waals surface area contributed by atoms with Crippen molar-refractivity contribution in [1.29, 1.82) is 0 Å². The molecule has 186 valence electrons. The van der Waals surface area contributed by atoms with E-state index in [1.807, 2.05) is 12.3 Å². The maximum absolute atomic E-state index is 12.3. The molecule has 33 heavy (non-hydrogen) atoms. The van der Waals surface area contributed by atoms with Crippen LogP contribution in [0.5, 0.6) is 0 Å². The van der Waals surface area contributed by atoms with E-state index in [0.717, 1.165) is 31.9 Å². The number of anilines is 2. The minimum absolute atomic E-state index is 0.0394. The fourth-order valence-electron chi connectivity index (χ4n) is 5.67. The van der Waals surface area contributed by atoms with Crippen molar-refractivity contribution < 1.29 is 8.42 Å². The van der Waals surface area contributed by atoms with Crippen molar-refractivity contribution in [3.05, 3.63) is 12.3 Å². The average molecular weight is 480 g/mol. The van der Waals surface area contributed by atoms with E-state index in [4.69, 9.17) is 10.7 Å². The fraction of sp³-hybridized carbons (Fsp3) is 0.826. The van der Waals surface area contributed by atoms with Crippen molar-refractivity contribution in [2.45, 2.75) is 82.3 Å². The predicted molar refractivity (Wildman–Crippen MR) is 133 cm³/mol. The van der Waals surface area contributed by atoms with E-state index in [-0.39, 0.29) is 24.4 Å². The molecule has 0 aromatic carbocycles. The zero-order chi connectivity index (χ0) is 23.1. The maximum atomic E-state index is 12.3. The summed E-state index contributed by atoms with van der Waals surface area (Å²) >= 11 is 0. The van der Waals surface area contributed by atoms with Gasteiger partial charge in [0.2, 0.25) is 16.0 Å². The van der Waals surface area contributed by atoms with E-state index in [0.29, 0.717) is 18.5 Å². The molecule has 2 aliphatic heterocycles. The Morgan fingerprint density at radius 2 is 1.73 bits per heavy atom. The number of aromatic nitrogens is 2. The third kappa shape index (κ3) is 6.77. The summed E-state index contributed by atoms with van der Waals surface area (Å²) in [6.45, 7) is 3.58. The summed E-state index contributed by atoms with van der Waals surface area (Å²) in [5.74, 6) is 1.58. The highest BCUT2D eigenvalue weighted by Crippen LogP contribution is 2.30. The molecule has 0 spiro atoms. The lowest BCUT2D eigenvalue weighted by Crippen LogP contribution is -2.51. The van der Waals surface area contributed by atoms with Gasteiger partial charge in [-0.2, -0.15) is 4.98 Å². The highest BCUT2D eigenvalue weighted by Gasteiger charge is 2.39. The van der Waals surface area contributed by atoms with Crippen molar-refractivity contribution in [3.63, 3.8) is 0 Å². The van der Waals surface area contributed by atoms with Gasteiger partial charge in [0.05, 0.1) is 5.75 Å². The molecule has 3 heterocycles. The SMILES string of the molecule is NCCS(=O)(=O)NC[C@@H]1[C@@H](Nc2nccc(N3CCCCCC3)n2)CCN1C1CCCCC1. The molecule has 10 heteroatoms. The molecule has 2 saturated heterocycles. The minimum atomic E-state index is -3.36. The van der Waals surface area contributed by atoms with Crippen molar-refractivity contribution >= 4 is 21.8 Å². The molecule has 0 amide bonds. The first-order valence-corrected chi connectivity index (χ1v) is 14.5. The molecule has 0 bridgehead atoms. The Balaban J connectivity index is 1.46. The third-order valence-corrected chi connectivity index (χ3v) is 8.80. The lowest BCUT2D eigenvalue weighted by atomic mass is 9.93. The second-order valence-corrected chi connectivity index (χ2v) is 11.7. The Morgan fingerprint density at radius 3 is 2.45 bits per heavy atom. The number of nitrogens with two attached hydrogens (primary N) is 1. The Bertz CT molecular complexity index is 839. The number of nitrogens with one attached hydrogen (secondary N) is 2. The molecule has 3 fully saturated rings. The molecule has 4 rings (SSSR count). The molecular formula is C23H41N7O2S. The highest BCUT2D eigenvalue weighted by atomic mass is 32.2. The van der Waals surface area contributed by atoms with Gasteiger partial charge in [0.25, 0.3) is 0 Å². The largest absolute Gasteiger partial charge is 0.356 e. The minimum Gasteiger partial charge on any atom is -0.356 e. The van der Waals surface area contributed by atoms with Crippen molar-refractivity contribution in [2.75, 3.05) is 48.7 Å². The molecule has 1 saturated carbocycles. The molecule has 2 atom stereocenters. The monoisotopic (exact) mass is 479 g/mol. The molecule has 4 N–H and O–H groups in total. The first kappa shape index (κ1) is 24.6. The molecular weight excluding hydrogens is 438 g/mol. The second-order valence-electron chi connectivity index (χ2n) is 9.73. The van der Waals surface area contributed by atoms with E-state index in [1.54, 1.807) is 0 Å². The first-order chi connectivity index (χ1) is 16.1. The summed E-state index contributed by atoms with van der Waals surface area (Å²) in [5.41, 5.74) is 5.50. The molecule has 1 aromatic rings. The van der Waals surface area contributed by atoms with Gasteiger partial charge in [-0.15, -0.1) is 0 Å². The molecule has 3 aliphatic rings. The second kappa shape index (κ2) is 11.8. The van der Waals surface area contributed by atoms with E-state index in [1.165, 1.54) is 57.8 Å². The molecule has 0 radical (unpaired) electrons. The van der Waals surface area contributed by atoms with Crippen LogP contribution in [0, 0.1) is 0 Å². The van der Waals surface area contributed by atoms with Gasteiger partial charge < -0.3 is 16.0 Å². The smallest absolute Gasteiger partial charge is 0.224 e. The third-order valence-electron chi connectivity index (χ3n) is 7.42. The van der Waals surface area contributed by atoms with Gasteiger partial charge in [0.1, 0.15) is 5.82 Å². The Hall–Kier alpha value is -1.49. The van der Waals surface area contributed by atoms with Crippen LogP contribution in [-0.4, -0.2) is 79.9 Å². The average Bonchev–Trinajstić information content (AvgIpc) is 3.02. The van der Waals surface area contributed by atoms with Crippen molar-refractivity contribution in [3.8, 4) is 0 Å². The van der Waals surface area contributed by atoms with Gasteiger partial charge in [0, 0.05) is 57.0 Å². The van der Waals surface area contributed by atoms with Gasteiger partial charge in [0.15, 0.2) is 0 Å². The van der Waals surface area contributed by atoms with Crippen molar-refractivity contribution in [1.82, 2.24) is 19.6 Å². The standard InChI is InChI=1S/C23H41N7O2S/c24-12-17-33(31,32)26-18-21-20(11-16-30(21)19-8-4-3-5-9-19)27-23-25-13-10-22(28-23)29-14-6-1-2-7-15-29/h10,13,19-21,26H,1-9,11-12,14-18,24H2,(H,25,27,28)/t20-,21+/m0/s1. The number of likely N-dealkylation sites (tertiary alicyclic amines) is 1. The van der Waals surface area contributed by atoms with Gasteiger partial charge in [-0.1, -0.05) is 32.1 Å². The fourth-order valence-corrected chi connectivity index (χ4v) is 6.55. The summed E-state index contributed by atoms with van der Waals surface area (Å²) < 4.78 is 27.5. The van der Waals surface area contributed by atoms with E-state index in [2.05, 4.69) is 24.8 Å². The van der Waals surface area contributed by atoms with Gasteiger partial charge in [-0.25, -0.2) is 18.1 Å². The van der Waals surface area contributed by atoms with E-state index in [9.17, 15) is 8.42 Å². The topological polar surface area (TPSA) is 116 Å². The Kier molecular flexibility index (Phi) is 8.78. The zero-order valence-electron chi connectivity index (χ0n) is 19.8. The van der Waals surface area contributed by atoms with Gasteiger partial charge >= 0.3 is 0 Å².